The molecule has 0 bridgehead atoms. The van der Waals surface area contributed by atoms with Crippen molar-refractivity contribution in [3.63, 3.8) is 0 Å². The number of nitrogens with one attached hydrogen (secondary N) is 3. The molecule has 0 aliphatic carbocycles. The Bertz CT molecular complexity index is 140. The van der Waals surface area contributed by atoms with Gasteiger partial charge in [-0.15, -0.1) is 0 Å². The fourth-order valence-electron chi connectivity index (χ4n) is 2.10. The Hall–Kier alpha value is -0.160. The summed E-state index contributed by atoms with van der Waals surface area (Å²) in [5, 5.41) is 10.5. The lowest BCUT2D eigenvalue weighted by Crippen LogP contribution is -2.35. The molecule has 96 valence electrons. The third-order valence-electron chi connectivity index (χ3n) is 3.10. The summed E-state index contributed by atoms with van der Waals surface area (Å²) in [6, 6.07) is 0. The lowest BCUT2D eigenvalue weighted by Gasteiger charge is -2.19. The van der Waals surface area contributed by atoms with Gasteiger partial charge in [0.05, 0.1) is 0 Å². The normalized spacial score (nSPS) is 22.3. The highest BCUT2D eigenvalue weighted by Crippen LogP contribution is 2.03. The van der Waals surface area contributed by atoms with E-state index < -0.39 is 0 Å². The van der Waals surface area contributed by atoms with Crippen LogP contribution in [-0.2, 0) is 0 Å². The maximum atomic E-state index is 5.57. The SMILES string of the molecule is NCCCC1CNCCCNCCCNC1. The van der Waals surface area contributed by atoms with Gasteiger partial charge < -0.3 is 21.7 Å². The standard InChI is InChI=1S/C12H28N4/c13-5-1-4-12-10-15-8-2-6-14-7-3-9-16-11-12/h12,14-16H,1-11,13H2. The predicted molar refractivity (Wildman–Crippen MR) is 69.6 cm³/mol. The van der Waals surface area contributed by atoms with Crippen LogP contribution >= 0.6 is 0 Å². The molecule has 4 heteroatoms. The van der Waals surface area contributed by atoms with Crippen LogP contribution in [0.1, 0.15) is 25.7 Å². The summed E-state index contributed by atoms with van der Waals surface area (Å²) < 4.78 is 0. The molecule has 5 N–H and O–H groups in total. The van der Waals surface area contributed by atoms with Gasteiger partial charge in [-0.05, 0) is 77.4 Å². The lowest BCUT2D eigenvalue weighted by atomic mass is 10.0. The maximum absolute atomic E-state index is 5.57. The molecule has 0 aromatic rings. The summed E-state index contributed by atoms with van der Waals surface area (Å²) in [6.07, 6.45) is 4.86. The zero-order chi connectivity index (χ0) is 11.5. The first-order valence-corrected chi connectivity index (χ1v) is 6.75. The monoisotopic (exact) mass is 228 g/mol. The van der Waals surface area contributed by atoms with E-state index in [-0.39, 0.29) is 0 Å². The topological polar surface area (TPSA) is 62.1 Å². The van der Waals surface area contributed by atoms with Gasteiger partial charge in [0.15, 0.2) is 0 Å². The van der Waals surface area contributed by atoms with Crippen LogP contribution in [0.2, 0.25) is 0 Å². The van der Waals surface area contributed by atoms with Gasteiger partial charge in [-0.1, -0.05) is 0 Å². The van der Waals surface area contributed by atoms with Crippen molar-refractivity contribution in [2.24, 2.45) is 11.7 Å². The molecule has 1 aliphatic rings. The number of nitrogens with two attached hydrogens (primary N) is 1. The molecule has 0 radical (unpaired) electrons. The van der Waals surface area contributed by atoms with Gasteiger partial charge in [-0.3, -0.25) is 0 Å². The molecule has 1 aliphatic heterocycles. The van der Waals surface area contributed by atoms with E-state index in [1.165, 1.54) is 19.3 Å². The molecule has 1 saturated heterocycles. The minimum atomic E-state index is 0.746. The Morgan fingerprint density at radius 2 is 1.44 bits per heavy atom. The molecule has 0 saturated carbocycles. The Morgan fingerprint density at radius 1 is 0.875 bits per heavy atom. The van der Waals surface area contributed by atoms with Crippen molar-refractivity contribution in [1.29, 1.82) is 0 Å². The molecule has 1 fully saturated rings. The van der Waals surface area contributed by atoms with Crippen LogP contribution in [-0.4, -0.2) is 45.8 Å². The highest BCUT2D eigenvalue weighted by Gasteiger charge is 2.07. The first-order valence-electron chi connectivity index (χ1n) is 6.75. The smallest absolute Gasteiger partial charge is 0.000836 e. The Kier molecular flexibility index (Phi) is 8.71. The molecule has 0 unspecified atom stereocenters. The van der Waals surface area contributed by atoms with Gasteiger partial charge >= 0.3 is 0 Å². The lowest BCUT2D eigenvalue weighted by molar-refractivity contribution is 0.399. The average Bonchev–Trinajstić information content (AvgIpc) is 2.28. The van der Waals surface area contributed by atoms with Gasteiger partial charge in [0.1, 0.15) is 0 Å². The summed E-state index contributed by atoms with van der Waals surface area (Å²) >= 11 is 0. The van der Waals surface area contributed by atoms with Crippen molar-refractivity contribution in [3.05, 3.63) is 0 Å². The summed E-state index contributed by atoms with van der Waals surface area (Å²) in [5.74, 6) is 0.746. The van der Waals surface area contributed by atoms with E-state index in [1.54, 1.807) is 0 Å². The molecular weight excluding hydrogens is 200 g/mol. The number of hydrogen-bond acceptors (Lipinski definition) is 4. The summed E-state index contributed by atoms with van der Waals surface area (Å²) in [5.41, 5.74) is 5.57. The van der Waals surface area contributed by atoms with E-state index in [9.17, 15) is 0 Å². The molecule has 0 aromatic carbocycles. The van der Waals surface area contributed by atoms with Crippen molar-refractivity contribution in [2.45, 2.75) is 25.7 Å². The second-order valence-electron chi connectivity index (χ2n) is 4.66. The van der Waals surface area contributed by atoms with Crippen LogP contribution in [0, 0.1) is 5.92 Å². The van der Waals surface area contributed by atoms with Gasteiger partial charge in [0.2, 0.25) is 0 Å². The van der Waals surface area contributed by atoms with Crippen LogP contribution in [0.4, 0.5) is 0 Å². The molecular formula is C12H28N4. The number of hydrogen-bond donors (Lipinski definition) is 4. The zero-order valence-corrected chi connectivity index (χ0v) is 10.4. The van der Waals surface area contributed by atoms with Crippen LogP contribution in [0.15, 0.2) is 0 Å². The maximum Gasteiger partial charge on any atom is -0.000836 e. The molecule has 1 heterocycles. The van der Waals surface area contributed by atoms with Crippen molar-refractivity contribution >= 4 is 0 Å². The van der Waals surface area contributed by atoms with E-state index >= 15 is 0 Å². The largest absolute Gasteiger partial charge is 0.330 e. The van der Waals surface area contributed by atoms with E-state index in [1.807, 2.05) is 0 Å². The highest BCUT2D eigenvalue weighted by atomic mass is 14.9. The van der Waals surface area contributed by atoms with E-state index in [0.29, 0.717) is 0 Å². The second kappa shape index (κ2) is 10.0. The Balaban J connectivity index is 2.19. The van der Waals surface area contributed by atoms with Gasteiger partial charge in [0.25, 0.3) is 0 Å². The third-order valence-corrected chi connectivity index (χ3v) is 3.10. The van der Waals surface area contributed by atoms with Gasteiger partial charge in [-0.25, -0.2) is 0 Å². The first kappa shape index (κ1) is 13.9. The first-order chi connectivity index (χ1) is 7.93. The fraction of sp³-hybridized carbons (Fsp3) is 1.00. The van der Waals surface area contributed by atoms with E-state index in [0.717, 1.165) is 58.2 Å². The molecule has 16 heavy (non-hydrogen) atoms. The molecule has 0 spiro atoms. The van der Waals surface area contributed by atoms with Crippen LogP contribution in [0.25, 0.3) is 0 Å². The van der Waals surface area contributed by atoms with Crippen molar-refractivity contribution in [3.8, 4) is 0 Å². The van der Waals surface area contributed by atoms with E-state index in [2.05, 4.69) is 16.0 Å². The highest BCUT2D eigenvalue weighted by molar-refractivity contribution is 4.67. The fourth-order valence-corrected chi connectivity index (χ4v) is 2.10. The molecule has 0 aromatic heterocycles. The Morgan fingerprint density at radius 3 is 2.00 bits per heavy atom. The average molecular weight is 228 g/mol. The van der Waals surface area contributed by atoms with Crippen molar-refractivity contribution in [2.75, 3.05) is 45.8 Å². The summed E-state index contributed by atoms with van der Waals surface area (Å²) in [4.78, 5) is 0. The molecule has 4 nitrogen and oxygen atoms in total. The van der Waals surface area contributed by atoms with Crippen LogP contribution in [0.5, 0.6) is 0 Å². The predicted octanol–water partition coefficient (Wildman–Crippen LogP) is -0.0959. The minimum Gasteiger partial charge on any atom is -0.330 e. The summed E-state index contributed by atoms with van der Waals surface area (Å²) in [7, 11) is 0. The number of rotatable bonds is 3. The second-order valence-corrected chi connectivity index (χ2v) is 4.66. The molecule has 1 rings (SSSR count). The molecule has 0 atom stereocenters. The minimum absolute atomic E-state index is 0.746. The summed E-state index contributed by atoms with van der Waals surface area (Å²) in [6.45, 7) is 7.62. The Labute approximate surface area is 99.7 Å². The zero-order valence-electron chi connectivity index (χ0n) is 10.4. The third kappa shape index (κ3) is 7.17. The van der Waals surface area contributed by atoms with Gasteiger partial charge in [0, 0.05) is 0 Å². The van der Waals surface area contributed by atoms with Crippen LogP contribution in [0.3, 0.4) is 0 Å². The van der Waals surface area contributed by atoms with Crippen LogP contribution < -0.4 is 21.7 Å². The van der Waals surface area contributed by atoms with Crippen molar-refractivity contribution < 1.29 is 0 Å². The van der Waals surface area contributed by atoms with E-state index in [4.69, 9.17) is 5.73 Å². The molecule has 0 amide bonds. The van der Waals surface area contributed by atoms with Crippen molar-refractivity contribution in [1.82, 2.24) is 16.0 Å². The quantitative estimate of drug-likeness (QED) is 0.545. The van der Waals surface area contributed by atoms with Gasteiger partial charge in [-0.2, -0.15) is 0 Å².